The summed E-state index contributed by atoms with van der Waals surface area (Å²) in [4.78, 5) is 11.1. The van der Waals surface area contributed by atoms with Crippen molar-refractivity contribution < 1.29 is 18.3 Å². The Morgan fingerprint density at radius 1 is 1.29 bits per heavy atom. The fourth-order valence-corrected chi connectivity index (χ4v) is 2.13. The van der Waals surface area contributed by atoms with Gasteiger partial charge in [-0.3, -0.25) is 0 Å². The highest BCUT2D eigenvalue weighted by molar-refractivity contribution is 7.90. The second kappa shape index (κ2) is 4.37. The summed E-state index contributed by atoms with van der Waals surface area (Å²) in [5, 5.41) is 11.7. The first-order valence-corrected chi connectivity index (χ1v) is 6.84. The van der Waals surface area contributed by atoms with Crippen LogP contribution in [0.1, 0.15) is 13.8 Å². The number of rotatable bonds is 4. The molecule has 0 saturated heterocycles. The predicted octanol–water partition coefficient (Wildman–Crippen LogP) is 1.37. The maximum absolute atomic E-state index is 11.5. The van der Waals surface area contributed by atoms with Gasteiger partial charge in [0.1, 0.15) is 5.54 Å². The van der Waals surface area contributed by atoms with Crippen LogP contribution in [0, 0.1) is 0 Å². The molecule has 0 fully saturated rings. The first-order valence-electron chi connectivity index (χ1n) is 4.95. The predicted molar refractivity (Wildman–Crippen MR) is 64.9 cm³/mol. The summed E-state index contributed by atoms with van der Waals surface area (Å²) in [6.45, 7) is 2.93. The molecule has 0 aliphatic heterocycles. The highest BCUT2D eigenvalue weighted by Gasteiger charge is 2.28. The van der Waals surface area contributed by atoms with Crippen molar-refractivity contribution in [2.45, 2.75) is 24.3 Å². The number of sulfone groups is 1. The van der Waals surface area contributed by atoms with Gasteiger partial charge in [-0.25, -0.2) is 13.2 Å². The lowest BCUT2D eigenvalue weighted by atomic mass is 10.1. The molecule has 6 heteroatoms. The van der Waals surface area contributed by atoms with Crippen molar-refractivity contribution in [1.82, 2.24) is 0 Å². The Morgan fingerprint density at radius 2 is 1.82 bits per heavy atom. The number of para-hydroxylation sites is 1. The van der Waals surface area contributed by atoms with E-state index in [9.17, 15) is 13.2 Å². The highest BCUT2D eigenvalue weighted by Crippen LogP contribution is 2.24. The molecule has 0 amide bonds. The van der Waals surface area contributed by atoms with E-state index in [2.05, 4.69) is 5.32 Å². The summed E-state index contributed by atoms with van der Waals surface area (Å²) in [5.74, 6) is -1.05. The largest absolute Gasteiger partial charge is 0.480 e. The Balaban J connectivity index is 3.21. The maximum Gasteiger partial charge on any atom is 0.328 e. The number of benzene rings is 1. The van der Waals surface area contributed by atoms with E-state index in [0.717, 1.165) is 6.26 Å². The van der Waals surface area contributed by atoms with Crippen LogP contribution in [0.4, 0.5) is 5.69 Å². The molecule has 1 aromatic carbocycles. The molecule has 0 aliphatic rings. The Bertz CT molecular complexity index is 534. The van der Waals surface area contributed by atoms with Crippen LogP contribution >= 0.6 is 0 Å². The van der Waals surface area contributed by atoms with Gasteiger partial charge < -0.3 is 10.4 Å². The van der Waals surface area contributed by atoms with Gasteiger partial charge in [0.25, 0.3) is 0 Å². The molecule has 2 N–H and O–H groups in total. The van der Waals surface area contributed by atoms with Crippen molar-refractivity contribution in [3.8, 4) is 0 Å². The third kappa shape index (κ3) is 3.20. The van der Waals surface area contributed by atoms with Gasteiger partial charge in [0.15, 0.2) is 9.84 Å². The lowest BCUT2D eigenvalue weighted by molar-refractivity contribution is -0.141. The van der Waals surface area contributed by atoms with E-state index in [1.54, 1.807) is 18.2 Å². The molecule has 0 aliphatic carbocycles. The SMILES string of the molecule is CC(C)(Nc1ccccc1S(C)(=O)=O)C(=O)O. The van der Waals surface area contributed by atoms with Gasteiger partial charge in [-0.2, -0.15) is 0 Å². The van der Waals surface area contributed by atoms with Crippen molar-refractivity contribution >= 4 is 21.5 Å². The van der Waals surface area contributed by atoms with Gasteiger partial charge in [-0.05, 0) is 26.0 Å². The molecular weight excluding hydrogens is 242 g/mol. The summed E-state index contributed by atoms with van der Waals surface area (Å²) in [7, 11) is -3.39. The minimum absolute atomic E-state index is 0.0920. The first kappa shape index (κ1) is 13.5. The molecule has 0 spiro atoms. The van der Waals surface area contributed by atoms with Crippen LogP contribution < -0.4 is 5.32 Å². The number of carboxylic acids is 1. The Hall–Kier alpha value is -1.56. The summed E-state index contributed by atoms with van der Waals surface area (Å²) < 4.78 is 23.0. The van der Waals surface area contributed by atoms with Crippen LogP contribution in [0.2, 0.25) is 0 Å². The molecule has 5 nitrogen and oxygen atoms in total. The molecule has 0 radical (unpaired) electrons. The smallest absolute Gasteiger partial charge is 0.328 e. The van der Waals surface area contributed by atoms with Crippen molar-refractivity contribution in [3.63, 3.8) is 0 Å². The minimum atomic E-state index is -3.39. The molecule has 0 aromatic heterocycles. The van der Waals surface area contributed by atoms with E-state index in [-0.39, 0.29) is 4.90 Å². The van der Waals surface area contributed by atoms with E-state index in [4.69, 9.17) is 5.11 Å². The minimum Gasteiger partial charge on any atom is -0.480 e. The molecule has 0 heterocycles. The van der Waals surface area contributed by atoms with Crippen LogP contribution in [0.15, 0.2) is 29.2 Å². The van der Waals surface area contributed by atoms with Crippen molar-refractivity contribution in [3.05, 3.63) is 24.3 Å². The van der Waals surface area contributed by atoms with Crippen molar-refractivity contribution in [2.24, 2.45) is 0 Å². The average molecular weight is 257 g/mol. The number of hydrogen-bond donors (Lipinski definition) is 2. The number of aliphatic carboxylic acids is 1. The van der Waals surface area contributed by atoms with Gasteiger partial charge in [0, 0.05) is 6.26 Å². The number of nitrogens with one attached hydrogen (secondary N) is 1. The van der Waals surface area contributed by atoms with Crippen molar-refractivity contribution in [2.75, 3.05) is 11.6 Å². The fourth-order valence-electron chi connectivity index (χ4n) is 1.28. The van der Waals surface area contributed by atoms with Crippen LogP contribution in [0.3, 0.4) is 0 Å². The zero-order valence-electron chi connectivity index (χ0n) is 9.89. The van der Waals surface area contributed by atoms with Gasteiger partial charge in [0.05, 0.1) is 10.6 Å². The second-order valence-corrected chi connectivity index (χ2v) is 6.31. The summed E-state index contributed by atoms with van der Waals surface area (Å²) in [6, 6.07) is 6.22. The highest BCUT2D eigenvalue weighted by atomic mass is 32.2. The van der Waals surface area contributed by atoms with Gasteiger partial charge in [0.2, 0.25) is 0 Å². The quantitative estimate of drug-likeness (QED) is 0.851. The molecule has 0 unspecified atom stereocenters. The van der Waals surface area contributed by atoms with E-state index in [1.165, 1.54) is 19.9 Å². The molecular formula is C11H15NO4S. The van der Waals surface area contributed by atoms with E-state index in [1.807, 2.05) is 0 Å². The molecule has 0 bridgehead atoms. The van der Waals surface area contributed by atoms with Gasteiger partial charge >= 0.3 is 5.97 Å². The topological polar surface area (TPSA) is 83.5 Å². The summed E-state index contributed by atoms with van der Waals surface area (Å²) in [5.41, 5.74) is -0.941. The first-order chi connectivity index (χ1) is 7.64. The van der Waals surface area contributed by atoms with Gasteiger partial charge in [-0.15, -0.1) is 0 Å². The third-order valence-electron chi connectivity index (χ3n) is 2.27. The fraction of sp³-hybridized carbons (Fsp3) is 0.364. The standard InChI is InChI=1S/C11H15NO4S/c1-11(2,10(13)14)12-8-6-4-5-7-9(8)17(3,15)16/h4-7,12H,1-3H3,(H,13,14). The zero-order chi connectivity index (χ0) is 13.3. The van der Waals surface area contributed by atoms with Gasteiger partial charge in [-0.1, -0.05) is 12.1 Å². The number of carboxylic acid groups (broad SMARTS) is 1. The zero-order valence-corrected chi connectivity index (χ0v) is 10.7. The monoisotopic (exact) mass is 257 g/mol. The lowest BCUT2D eigenvalue weighted by Crippen LogP contribution is -2.40. The average Bonchev–Trinajstić information content (AvgIpc) is 2.15. The molecule has 0 saturated carbocycles. The Kier molecular flexibility index (Phi) is 3.47. The summed E-state index contributed by atoms with van der Waals surface area (Å²) in [6.07, 6.45) is 1.08. The molecule has 1 aromatic rings. The normalized spacial score (nSPS) is 12.2. The third-order valence-corrected chi connectivity index (χ3v) is 3.42. The molecule has 1 rings (SSSR count). The molecule has 0 atom stereocenters. The summed E-state index contributed by atoms with van der Waals surface area (Å²) >= 11 is 0. The Morgan fingerprint density at radius 3 is 2.29 bits per heavy atom. The van der Waals surface area contributed by atoms with Crippen LogP contribution in [0.25, 0.3) is 0 Å². The van der Waals surface area contributed by atoms with Crippen LogP contribution in [-0.4, -0.2) is 31.3 Å². The molecule has 94 valence electrons. The maximum atomic E-state index is 11.5. The number of hydrogen-bond acceptors (Lipinski definition) is 4. The van der Waals surface area contributed by atoms with Crippen LogP contribution in [-0.2, 0) is 14.6 Å². The van der Waals surface area contributed by atoms with Crippen LogP contribution in [0.5, 0.6) is 0 Å². The Labute approximate surface area is 100 Å². The molecule has 17 heavy (non-hydrogen) atoms. The number of anilines is 1. The van der Waals surface area contributed by atoms with E-state index in [0.29, 0.717) is 5.69 Å². The second-order valence-electron chi connectivity index (χ2n) is 4.32. The van der Waals surface area contributed by atoms with E-state index < -0.39 is 21.3 Å². The van der Waals surface area contributed by atoms with E-state index >= 15 is 0 Å². The van der Waals surface area contributed by atoms with Crippen molar-refractivity contribution in [1.29, 1.82) is 0 Å². The number of carbonyl (C=O) groups is 1. The lowest BCUT2D eigenvalue weighted by Gasteiger charge is -2.23.